The van der Waals surface area contributed by atoms with E-state index in [4.69, 9.17) is 18.4 Å². The Morgan fingerprint density at radius 3 is 2.60 bits per heavy atom. The Bertz CT molecular complexity index is 1070. The van der Waals surface area contributed by atoms with Crippen molar-refractivity contribution >= 4 is 24.6 Å². The van der Waals surface area contributed by atoms with Crippen molar-refractivity contribution in [3.8, 4) is 0 Å². The minimum atomic E-state index is -0.688. The number of nitrogens with zero attached hydrogens (tertiary/aromatic N) is 6. The summed E-state index contributed by atoms with van der Waals surface area (Å²) in [7, 11) is 5.37. The van der Waals surface area contributed by atoms with Crippen LogP contribution in [0.1, 0.15) is 43.2 Å². The molecule has 13 heteroatoms. The third-order valence-corrected chi connectivity index (χ3v) is 7.99. The molecule has 222 valence electrons. The van der Waals surface area contributed by atoms with E-state index in [2.05, 4.69) is 35.2 Å². The first-order chi connectivity index (χ1) is 19.3. The molecule has 0 bridgehead atoms. The van der Waals surface area contributed by atoms with E-state index in [1.165, 1.54) is 0 Å². The van der Waals surface area contributed by atoms with Crippen LogP contribution in [0.2, 0.25) is 0 Å². The molecular weight excluding hydrogens is 539 g/mol. The molecule has 5 atom stereocenters. The number of urea groups is 1. The second-order valence-electron chi connectivity index (χ2n) is 10.4. The van der Waals surface area contributed by atoms with E-state index >= 15 is 0 Å². The van der Waals surface area contributed by atoms with Crippen molar-refractivity contribution in [2.45, 2.75) is 56.8 Å². The molecule has 0 N–H and O–H groups in total. The zero-order valence-electron chi connectivity index (χ0n) is 23.7. The predicted molar refractivity (Wildman–Crippen MR) is 151 cm³/mol. The van der Waals surface area contributed by atoms with Crippen LogP contribution in [0.5, 0.6) is 0 Å². The molecule has 2 amide bonds. The van der Waals surface area contributed by atoms with Gasteiger partial charge < -0.3 is 24.0 Å². The van der Waals surface area contributed by atoms with Crippen LogP contribution in [0.25, 0.3) is 0 Å². The molecule has 1 aromatic carbocycles. The third kappa shape index (κ3) is 7.51. The van der Waals surface area contributed by atoms with Crippen LogP contribution < -0.4 is 4.90 Å². The van der Waals surface area contributed by atoms with Gasteiger partial charge in [-0.1, -0.05) is 17.3 Å². The van der Waals surface area contributed by atoms with Gasteiger partial charge in [0.2, 0.25) is 0 Å². The number of anilines is 1. The van der Waals surface area contributed by atoms with E-state index in [9.17, 15) is 9.18 Å². The molecule has 11 nitrogen and oxygen atoms in total. The van der Waals surface area contributed by atoms with Crippen LogP contribution in [0.3, 0.4) is 0 Å². The zero-order chi connectivity index (χ0) is 28.6. The maximum atomic E-state index is 14.4. The van der Waals surface area contributed by atoms with Crippen LogP contribution in [-0.4, -0.2) is 110 Å². The molecule has 3 heterocycles. The van der Waals surface area contributed by atoms with Crippen molar-refractivity contribution in [2.24, 2.45) is 0 Å². The number of carbonyl (C=O) groups excluding carboxylic acids is 1. The number of hydrogen-bond donors (Lipinski definition) is 1. The van der Waals surface area contributed by atoms with Crippen LogP contribution in [0.15, 0.2) is 30.5 Å². The Balaban J connectivity index is 1.37. The fourth-order valence-electron chi connectivity index (χ4n) is 5.33. The molecule has 2 fully saturated rings. The van der Waals surface area contributed by atoms with Gasteiger partial charge in [0.25, 0.3) is 0 Å². The highest BCUT2D eigenvalue weighted by Crippen LogP contribution is 2.31. The Labute approximate surface area is 241 Å². The highest BCUT2D eigenvalue weighted by molar-refractivity contribution is 7.75. The third-order valence-electron chi connectivity index (χ3n) is 7.75. The molecule has 4 rings (SSSR count). The Hall–Kier alpha value is -2.29. The standard InChI is InChI=1S/C27H41FN6O5S/c1-19-15-23(16-25(38-19)39-40)31(2)10-9-21-18-34(30-29-21)24(17-28)26(36-4)20-5-7-22(8-6-20)32(3)27(35)33-11-13-37-14-12-33/h5-8,18-19,23-26,40H,9-17H2,1-4H3/t19-,23+,24-,25+,26-/m1/s1. The molecule has 2 aromatic rings. The maximum Gasteiger partial charge on any atom is 0.324 e. The van der Waals surface area contributed by atoms with Crippen molar-refractivity contribution in [3.05, 3.63) is 41.7 Å². The topological polar surface area (TPSA) is 94.4 Å². The number of carbonyl (C=O) groups is 1. The summed E-state index contributed by atoms with van der Waals surface area (Å²) >= 11 is 3.92. The van der Waals surface area contributed by atoms with Crippen LogP contribution in [0.4, 0.5) is 14.9 Å². The van der Waals surface area contributed by atoms with Gasteiger partial charge in [0.1, 0.15) is 18.8 Å². The van der Waals surface area contributed by atoms with Gasteiger partial charge in [-0.3, -0.25) is 9.08 Å². The highest BCUT2D eigenvalue weighted by atomic mass is 32.1. The second kappa shape index (κ2) is 14.6. The van der Waals surface area contributed by atoms with Crippen molar-refractivity contribution in [2.75, 3.05) is 65.6 Å². The molecule has 0 aliphatic carbocycles. The van der Waals surface area contributed by atoms with Gasteiger partial charge in [-0.2, -0.15) is 0 Å². The van der Waals surface area contributed by atoms with E-state index in [-0.39, 0.29) is 18.4 Å². The number of thiol groups is 1. The lowest BCUT2D eigenvalue weighted by Crippen LogP contribution is -2.47. The maximum absolute atomic E-state index is 14.4. The summed E-state index contributed by atoms with van der Waals surface area (Å²) < 4.78 is 37.8. The number of ether oxygens (including phenoxy) is 3. The van der Waals surface area contributed by atoms with Crippen molar-refractivity contribution in [1.82, 2.24) is 24.8 Å². The summed E-state index contributed by atoms with van der Waals surface area (Å²) in [5, 5.41) is 8.54. The summed E-state index contributed by atoms with van der Waals surface area (Å²) in [5.74, 6) is 0. The van der Waals surface area contributed by atoms with Gasteiger partial charge in [0, 0.05) is 64.6 Å². The summed E-state index contributed by atoms with van der Waals surface area (Å²) in [5.41, 5.74) is 2.30. The molecular formula is C27H41FN6O5S. The molecule has 2 aliphatic heterocycles. The minimum Gasteiger partial charge on any atom is -0.378 e. The number of alkyl halides is 1. The van der Waals surface area contributed by atoms with Gasteiger partial charge in [-0.25, -0.2) is 13.9 Å². The number of halogens is 1. The number of rotatable bonds is 11. The number of hydrogen-bond acceptors (Lipinski definition) is 9. The summed E-state index contributed by atoms with van der Waals surface area (Å²) in [6, 6.07) is 6.95. The minimum absolute atomic E-state index is 0.0806. The van der Waals surface area contributed by atoms with Gasteiger partial charge in [0.15, 0.2) is 6.29 Å². The molecule has 0 spiro atoms. The summed E-state index contributed by atoms with van der Waals surface area (Å²) in [4.78, 5) is 18.5. The van der Waals surface area contributed by atoms with E-state index in [0.29, 0.717) is 38.8 Å². The van der Waals surface area contributed by atoms with Crippen molar-refractivity contribution < 1.29 is 27.6 Å². The van der Waals surface area contributed by atoms with Crippen molar-refractivity contribution in [1.29, 1.82) is 0 Å². The lowest BCUT2D eigenvalue weighted by Gasteiger charge is -2.37. The van der Waals surface area contributed by atoms with Gasteiger partial charge in [-0.15, -0.1) is 5.10 Å². The average molecular weight is 581 g/mol. The highest BCUT2D eigenvalue weighted by Gasteiger charge is 2.30. The predicted octanol–water partition coefficient (Wildman–Crippen LogP) is 3.29. The van der Waals surface area contributed by atoms with Crippen LogP contribution in [-0.2, 0) is 24.8 Å². The SMILES string of the molecule is CO[C@H](c1ccc(N(C)C(=O)N2CCOCC2)cc1)[C@@H](CF)n1cc(CCN(C)[C@@H]2C[C@H](OS)O[C@H](C)C2)nn1. The monoisotopic (exact) mass is 580 g/mol. The molecule has 0 radical (unpaired) electrons. The van der Waals surface area contributed by atoms with E-state index in [1.54, 1.807) is 34.8 Å². The molecule has 2 aliphatic rings. The van der Waals surface area contributed by atoms with Crippen LogP contribution >= 0.6 is 12.9 Å². The number of methoxy groups -OCH3 is 1. The largest absolute Gasteiger partial charge is 0.378 e. The van der Waals surface area contributed by atoms with Crippen LogP contribution in [0, 0.1) is 0 Å². The summed E-state index contributed by atoms with van der Waals surface area (Å²) in [6.45, 7) is 4.35. The molecule has 0 unspecified atom stereocenters. The Morgan fingerprint density at radius 2 is 1.95 bits per heavy atom. The lowest BCUT2D eigenvalue weighted by molar-refractivity contribution is -0.151. The number of benzene rings is 1. The quantitative estimate of drug-likeness (QED) is 0.320. The molecule has 1 aromatic heterocycles. The number of amides is 2. The average Bonchev–Trinajstić information content (AvgIpc) is 3.46. The normalized spacial score (nSPS) is 23.3. The van der Waals surface area contributed by atoms with Gasteiger partial charge in [-0.05, 0) is 51.0 Å². The first-order valence-electron chi connectivity index (χ1n) is 13.7. The van der Waals surface area contributed by atoms with E-state index < -0.39 is 18.8 Å². The van der Waals surface area contributed by atoms with Gasteiger partial charge in [0.05, 0.1) is 25.0 Å². The number of likely N-dealkylation sites (N-methyl/N-ethyl adjacent to an activating group) is 1. The van der Waals surface area contributed by atoms with Gasteiger partial charge >= 0.3 is 6.03 Å². The van der Waals surface area contributed by atoms with E-state index in [0.717, 1.165) is 36.3 Å². The van der Waals surface area contributed by atoms with Crippen molar-refractivity contribution in [3.63, 3.8) is 0 Å². The first-order valence-corrected chi connectivity index (χ1v) is 14.1. The molecule has 40 heavy (non-hydrogen) atoms. The number of aromatic nitrogens is 3. The molecule has 0 saturated carbocycles. The Morgan fingerprint density at radius 1 is 1.23 bits per heavy atom. The van der Waals surface area contributed by atoms with E-state index in [1.807, 2.05) is 31.2 Å². The fourth-order valence-corrected chi connectivity index (χ4v) is 5.47. The molecule has 2 saturated heterocycles. The lowest BCUT2D eigenvalue weighted by atomic mass is 10.0. The first kappa shape index (κ1) is 30.7. The number of morpholine rings is 1. The second-order valence-corrected chi connectivity index (χ2v) is 10.6. The summed E-state index contributed by atoms with van der Waals surface area (Å²) in [6.07, 6.45) is 3.30. The smallest absolute Gasteiger partial charge is 0.324 e. The zero-order valence-corrected chi connectivity index (χ0v) is 24.6. The fraction of sp³-hybridized carbons (Fsp3) is 0.667. The Kier molecular flexibility index (Phi) is 11.2.